The Kier molecular flexibility index (Phi) is 5.45. The topological polar surface area (TPSA) is 65.4 Å². The number of ether oxygens (including phenoxy) is 2. The van der Waals surface area contributed by atoms with Gasteiger partial charge in [0.1, 0.15) is 23.4 Å². The molecule has 6 heteroatoms. The summed E-state index contributed by atoms with van der Waals surface area (Å²) in [5.74, 6) is 1.73. The number of hydrogen-bond donors (Lipinski definition) is 1. The van der Waals surface area contributed by atoms with Crippen molar-refractivity contribution in [3.05, 3.63) is 77.4 Å². The van der Waals surface area contributed by atoms with Gasteiger partial charge in [0.15, 0.2) is 0 Å². The van der Waals surface area contributed by atoms with Crippen molar-refractivity contribution in [1.29, 1.82) is 0 Å². The Balaban J connectivity index is 1.97. The van der Waals surface area contributed by atoms with Gasteiger partial charge in [-0.25, -0.2) is 4.98 Å². The Labute approximate surface area is 158 Å². The van der Waals surface area contributed by atoms with E-state index in [4.69, 9.17) is 9.47 Å². The number of carbonyl (C=O) groups excluding carboxylic acids is 1. The molecule has 0 saturated carbocycles. The summed E-state index contributed by atoms with van der Waals surface area (Å²) in [6, 6.07) is 12.8. The van der Waals surface area contributed by atoms with Gasteiger partial charge in [-0.2, -0.15) is 0 Å². The number of aromatic nitrogens is 2. The lowest BCUT2D eigenvalue weighted by atomic mass is 10.0. The molecule has 3 aromatic rings. The van der Waals surface area contributed by atoms with Crippen LogP contribution >= 0.6 is 0 Å². The number of rotatable bonds is 6. The van der Waals surface area contributed by atoms with Gasteiger partial charge in [-0.05, 0) is 24.6 Å². The van der Waals surface area contributed by atoms with Crippen LogP contribution in [0.15, 0.2) is 54.9 Å². The van der Waals surface area contributed by atoms with Gasteiger partial charge < -0.3 is 19.4 Å². The van der Waals surface area contributed by atoms with Gasteiger partial charge in [0, 0.05) is 30.6 Å². The predicted molar refractivity (Wildman–Crippen MR) is 103 cm³/mol. The van der Waals surface area contributed by atoms with Gasteiger partial charge in [0.05, 0.1) is 14.2 Å². The van der Waals surface area contributed by atoms with Gasteiger partial charge in [0.2, 0.25) is 0 Å². The van der Waals surface area contributed by atoms with Crippen molar-refractivity contribution in [2.75, 3.05) is 14.2 Å². The summed E-state index contributed by atoms with van der Waals surface area (Å²) in [6.07, 6.45) is 3.57. The molecule has 27 heavy (non-hydrogen) atoms. The number of aryl methyl sites for hydroxylation is 1. The molecule has 0 aliphatic heterocycles. The minimum Gasteiger partial charge on any atom is -0.496 e. The van der Waals surface area contributed by atoms with E-state index in [0.717, 1.165) is 17.0 Å². The first-order valence-electron chi connectivity index (χ1n) is 8.60. The summed E-state index contributed by atoms with van der Waals surface area (Å²) in [4.78, 5) is 17.4. The van der Waals surface area contributed by atoms with Crippen molar-refractivity contribution >= 4 is 5.91 Å². The molecular formula is C21H23N3O3. The highest BCUT2D eigenvalue weighted by Crippen LogP contribution is 2.30. The van der Waals surface area contributed by atoms with Crippen molar-refractivity contribution in [3.8, 4) is 11.5 Å². The quantitative estimate of drug-likeness (QED) is 0.728. The largest absolute Gasteiger partial charge is 0.496 e. The van der Waals surface area contributed by atoms with Crippen LogP contribution in [0.1, 0.15) is 33.4 Å². The lowest BCUT2D eigenvalue weighted by Gasteiger charge is -2.20. The monoisotopic (exact) mass is 365 g/mol. The normalized spacial score (nSPS) is 11.7. The van der Waals surface area contributed by atoms with E-state index < -0.39 is 0 Å². The molecule has 2 aromatic carbocycles. The highest BCUT2D eigenvalue weighted by atomic mass is 16.5. The maximum atomic E-state index is 13.0. The zero-order valence-electron chi connectivity index (χ0n) is 15.9. The number of imidazole rings is 1. The molecule has 1 amide bonds. The zero-order valence-corrected chi connectivity index (χ0v) is 15.9. The number of nitrogens with zero attached hydrogens (tertiary/aromatic N) is 2. The fourth-order valence-electron chi connectivity index (χ4n) is 3.03. The first-order valence-corrected chi connectivity index (χ1v) is 8.60. The van der Waals surface area contributed by atoms with Crippen LogP contribution in [0.2, 0.25) is 0 Å². The molecule has 3 rings (SSSR count). The fraction of sp³-hybridized carbons (Fsp3) is 0.238. The van der Waals surface area contributed by atoms with Crippen LogP contribution in [0.3, 0.4) is 0 Å². The summed E-state index contributed by atoms with van der Waals surface area (Å²) < 4.78 is 12.7. The Hall–Kier alpha value is -3.28. The second kappa shape index (κ2) is 7.95. The van der Waals surface area contributed by atoms with Gasteiger partial charge in [-0.3, -0.25) is 4.79 Å². The smallest absolute Gasteiger partial charge is 0.252 e. The van der Waals surface area contributed by atoms with E-state index in [1.807, 2.05) is 55.1 Å². The molecule has 140 valence electrons. The number of hydrogen-bond acceptors (Lipinski definition) is 4. The molecule has 6 nitrogen and oxygen atoms in total. The molecule has 0 radical (unpaired) electrons. The van der Waals surface area contributed by atoms with E-state index in [1.165, 1.54) is 0 Å². The zero-order chi connectivity index (χ0) is 19.4. The van der Waals surface area contributed by atoms with Crippen LogP contribution < -0.4 is 14.8 Å². The predicted octanol–water partition coefficient (Wildman–Crippen LogP) is 3.27. The molecule has 0 aliphatic rings. The maximum absolute atomic E-state index is 13.0. The van der Waals surface area contributed by atoms with Crippen LogP contribution in [-0.4, -0.2) is 29.7 Å². The molecule has 0 unspecified atom stereocenters. The summed E-state index contributed by atoms with van der Waals surface area (Å²) in [5, 5.41) is 3.08. The van der Waals surface area contributed by atoms with Gasteiger partial charge in [0.25, 0.3) is 5.91 Å². The molecule has 0 aliphatic carbocycles. The molecule has 0 fully saturated rings. The second-order valence-corrected chi connectivity index (χ2v) is 6.22. The number of nitrogens with one attached hydrogen (secondary N) is 1. The highest BCUT2D eigenvalue weighted by Gasteiger charge is 2.22. The maximum Gasteiger partial charge on any atom is 0.252 e. The summed E-state index contributed by atoms with van der Waals surface area (Å²) in [6.45, 7) is 1.89. The Morgan fingerprint density at radius 2 is 1.74 bits per heavy atom. The Morgan fingerprint density at radius 1 is 1.11 bits per heavy atom. The van der Waals surface area contributed by atoms with Gasteiger partial charge in [-0.1, -0.05) is 30.3 Å². The summed E-state index contributed by atoms with van der Waals surface area (Å²) in [5.41, 5.74) is 2.26. The van der Waals surface area contributed by atoms with Crippen LogP contribution in [0.4, 0.5) is 0 Å². The lowest BCUT2D eigenvalue weighted by Crippen LogP contribution is -2.31. The molecule has 1 atom stereocenters. The van der Waals surface area contributed by atoms with Crippen LogP contribution in [0, 0.1) is 6.92 Å². The minimum absolute atomic E-state index is 0.233. The van der Waals surface area contributed by atoms with Crippen LogP contribution in [0.5, 0.6) is 11.5 Å². The van der Waals surface area contributed by atoms with Crippen molar-refractivity contribution < 1.29 is 14.3 Å². The Bertz CT molecular complexity index is 910. The molecule has 0 spiro atoms. The molecular weight excluding hydrogens is 342 g/mol. The third kappa shape index (κ3) is 3.79. The Morgan fingerprint density at radius 3 is 2.26 bits per heavy atom. The third-order valence-corrected chi connectivity index (χ3v) is 4.54. The van der Waals surface area contributed by atoms with E-state index in [1.54, 1.807) is 32.5 Å². The minimum atomic E-state index is -0.378. The number of methoxy groups -OCH3 is 2. The van der Waals surface area contributed by atoms with E-state index in [2.05, 4.69) is 10.3 Å². The highest BCUT2D eigenvalue weighted by molar-refractivity contribution is 5.95. The second-order valence-electron chi connectivity index (χ2n) is 6.22. The SMILES string of the molecule is COc1cc(C(=O)N[C@H](c2ccccc2)c2nccn2C)cc(OC)c1C. The summed E-state index contributed by atoms with van der Waals surface area (Å²) in [7, 11) is 5.05. The van der Waals surface area contributed by atoms with E-state index in [0.29, 0.717) is 17.1 Å². The van der Waals surface area contributed by atoms with Crippen molar-refractivity contribution in [3.63, 3.8) is 0 Å². The summed E-state index contributed by atoms with van der Waals surface area (Å²) >= 11 is 0. The molecule has 1 N–H and O–H groups in total. The average Bonchev–Trinajstić information content (AvgIpc) is 3.12. The first-order chi connectivity index (χ1) is 13.0. The molecule has 1 heterocycles. The number of benzene rings is 2. The fourth-order valence-corrected chi connectivity index (χ4v) is 3.03. The average molecular weight is 365 g/mol. The van der Waals surface area contributed by atoms with Crippen LogP contribution in [0.25, 0.3) is 0 Å². The number of carbonyl (C=O) groups is 1. The van der Waals surface area contributed by atoms with Crippen molar-refractivity contribution in [1.82, 2.24) is 14.9 Å². The first kappa shape index (κ1) is 18.5. The van der Waals surface area contributed by atoms with E-state index >= 15 is 0 Å². The standard InChI is InChI=1S/C21H23N3O3/c1-14-17(26-3)12-16(13-18(14)27-4)21(25)23-19(15-8-6-5-7-9-15)20-22-10-11-24(20)2/h5-13,19H,1-4H3,(H,23,25)/t19-/m1/s1. The molecule has 0 bridgehead atoms. The molecule has 1 aromatic heterocycles. The van der Waals surface area contributed by atoms with Crippen LogP contribution in [-0.2, 0) is 7.05 Å². The number of amides is 1. The third-order valence-electron chi connectivity index (χ3n) is 4.54. The van der Waals surface area contributed by atoms with Crippen molar-refractivity contribution in [2.24, 2.45) is 7.05 Å². The van der Waals surface area contributed by atoms with E-state index in [9.17, 15) is 4.79 Å². The van der Waals surface area contributed by atoms with Gasteiger partial charge in [-0.15, -0.1) is 0 Å². The van der Waals surface area contributed by atoms with Gasteiger partial charge >= 0.3 is 0 Å². The van der Waals surface area contributed by atoms with Crippen molar-refractivity contribution in [2.45, 2.75) is 13.0 Å². The van der Waals surface area contributed by atoms with E-state index in [-0.39, 0.29) is 11.9 Å². The lowest BCUT2D eigenvalue weighted by molar-refractivity contribution is 0.0940. The molecule has 0 saturated heterocycles.